The molecule has 0 aliphatic carbocycles. The zero-order valence-corrected chi connectivity index (χ0v) is 19.2. The van der Waals surface area contributed by atoms with Crippen LogP contribution in [-0.2, 0) is 14.4 Å². The van der Waals surface area contributed by atoms with Gasteiger partial charge >= 0.3 is 0 Å². The fraction of sp³-hybridized carbons (Fsp3) is 0.583. The number of rotatable bonds is 6. The Morgan fingerprint density at radius 1 is 1.12 bits per heavy atom. The van der Waals surface area contributed by atoms with Gasteiger partial charge in [0.25, 0.3) is 5.91 Å². The number of nitrogens with zero attached hydrogens (tertiary/aromatic N) is 3. The highest BCUT2D eigenvalue weighted by Crippen LogP contribution is 2.24. The molecule has 178 valence electrons. The van der Waals surface area contributed by atoms with Gasteiger partial charge in [-0.2, -0.15) is 0 Å². The zero-order valence-electron chi connectivity index (χ0n) is 19.2. The second-order valence-electron chi connectivity index (χ2n) is 9.26. The molecule has 1 aromatic carbocycles. The van der Waals surface area contributed by atoms with Gasteiger partial charge in [0.15, 0.2) is 0 Å². The number of carbonyl (C=O) groups is 4. The van der Waals surface area contributed by atoms with E-state index in [9.17, 15) is 19.2 Å². The van der Waals surface area contributed by atoms with E-state index in [0.29, 0.717) is 12.0 Å². The van der Waals surface area contributed by atoms with Crippen LogP contribution in [0, 0.1) is 12.8 Å². The van der Waals surface area contributed by atoms with E-state index in [1.54, 1.807) is 6.07 Å². The van der Waals surface area contributed by atoms with Crippen LogP contribution in [0.1, 0.15) is 41.6 Å². The highest BCUT2D eigenvalue weighted by Gasteiger charge is 2.35. The van der Waals surface area contributed by atoms with Gasteiger partial charge in [0, 0.05) is 50.4 Å². The number of benzene rings is 1. The number of amides is 4. The Bertz CT molecular complexity index is 906. The van der Waals surface area contributed by atoms with Gasteiger partial charge in [-0.05, 0) is 69.0 Å². The number of aryl methyl sites for hydroxylation is 1. The molecular weight excluding hydrogens is 422 g/mol. The Morgan fingerprint density at radius 2 is 1.85 bits per heavy atom. The lowest BCUT2D eigenvalue weighted by molar-refractivity contribution is -0.139. The summed E-state index contributed by atoms with van der Waals surface area (Å²) in [7, 11) is 0. The Kier molecular flexibility index (Phi) is 7.39. The summed E-state index contributed by atoms with van der Waals surface area (Å²) in [5, 5.41) is 5.63. The fourth-order valence-corrected chi connectivity index (χ4v) is 5.05. The quantitative estimate of drug-likeness (QED) is 0.476. The molecule has 0 aromatic heterocycles. The Balaban J connectivity index is 1.37. The number of piperidine rings is 2. The van der Waals surface area contributed by atoms with Gasteiger partial charge in [0.1, 0.15) is 6.04 Å². The van der Waals surface area contributed by atoms with E-state index in [1.165, 1.54) is 19.4 Å². The second kappa shape index (κ2) is 10.4. The summed E-state index contributed by atoms with van der Waals surface area (Å²) < 4.78 is 0. The largest absolute Gasteiger partial charge is 0.369 e. The van der Waals surface area contributed by atoms with Crippen molar-refractivity contribution >= 4 is 29.8 Å². The van der Waals surface area contributed by atoms with Crippen molar-refractivity contribution in [2.24, 2.45) is 5.92 Å². The van der Waals surface area contributed by atoms with Gasteiger partial charge in [-0.3, -0.25) is 34.3 Å². The van der Waals surface area contributed by atoms with Gasteiger partial charge in [-0.1, -0.05) is 0 Å². The third-order valence-corrected chi connectivity index (χ3v) is 7.05. The van der Waals surface area contributed by atoms with Gasteiger partial charge in [0.2, 0.25) is 18.2 Å². The Morgan fingerprint density at radius 3 is 2.48 bits per heavy atom. The first-order valence-electron chi connectivity index (χ1n) is 11.9. The van der Waals surface area contributed by atoms with Crippen LogP contribution in [-0.4, -0.2) is 85.8 Å². The van der Waals surface area contributed by atoms with Crippen molar-refractivity contribution in [3.05, 3.63) is 29.3 Å². The van der Waals surface area contributed by atoms with Gasteiger partial charge < -0.3 is 10.2 Å². The summed E-state index contributed by atoms with van der Waals surface area (Å²) in [6.07, 6.45) is 3.15. The Hall–Kier alpha value is -2.78. The van der Waals surface area contributed by atoms with Gasteiger partial charge in [-0.15, -0.1) is 0 Å². The van der Waals surface area contributed by atoms with Crippen molar-refractivity contribution < 1.29 is 19.2 Å². The number of hydrogen-bond acceptors (Lipinski definition) is 7. The SMILES string of the molecule is Cc1cc(N2CCN(CC3CCNCC3)CC2)ccc1C(=O)N(C=O)C1CCC(=O)NC1=O. The van der Waals surface area contributed by atoms with Crippen molar-refractivity contribution in [2.75, 3.05) is 50.7 Å². The summed E-state index contributed by atoms with van der Waals surface area (Å²) in [6, 6.07) is 4.66. The van der Waals surface area contributed by atoms with Crippen molar-refractivity contribution in [2.45, 2.75) is 38.6 Å². The molecule has 9 heteroatoms. The van der Waals surface area contributed by atoms with Crippen LogP contribution in [0.2, 0.25) is 0 Å². The maximum atomic E-state index is 13.0. The topological polar surface area (TPSA) is 102 Å². The molecule has 3 aliphatic heterocycles. The summed E-state index contributed by atoms with van der Waals surface area (Å²) in [5.74, 6) is -0.722. The second-order valence-corrected chi connectivity index (χ2v) is 9.26. The molecule has 3 aliphatic rings. The maximum Gasteiger partial charge on any atom is 0.261 e. The number of piperazine rings is 1. The lowest BCUT2D eigenvalue weighted by Gasteiger charge is -2.38. The van der Waals surface area contributed by atoms with Crippen LogP contribution in [0.3, 0.4) is 0 Å². The third kappa shape index (κ3) is 5.42. The molecule has 4 amide bonds. The molecule has 3 saturated heterocycles. The maximum absolute atomic E-state index is 13.0. The van der Waals surface area contributed by atoms with Crippen LogP contribution in [0.4, 0.5) is 5.69 Å². The van der Waals surface area contributed by atoms with Crippen molar-refractivity contribution in [1.82, 2.24) is 20.4 Å². The fourth-order valence-electron chi connectivity index (χ4n) is 5.05. The molecule has 0 spiro atoms. The third-order valence-electron chi connectivity index (χ3n) is 7.05. The highest BCUT2D eigenvalue weighted by molar-refractivity contribution is 6.07. The minimum Gasteiger partial charge on any atom is -0.369 e. The average molecular weight is 456 g/mol. The number of anilines is 1. The lowest BCUT2D eigenvalue weighted by Crippen LogP contribution is -2.54. The molecule has 9 nitrogen and oxygen atoms in total. The van der Waals surface area contributed by atoms with Crippen molar-refractivity contribution in [3.8, 4) is 0 Å². The Labute approximate surface area is 194 Å². The van der Waals surface area contributed by atoms with Crippen LogP contribution >= 0.6 is 0 Å². The van der Waals surface area contributed by atoms with Crippen LogP contribution in [0.25, 0.3) is 0 Å². The van der Waals surface area contributed by atoms with E-state index >= 15 is 0 Å². The minimum absolute atomic E-state index is 0.107. The molecule has 0 saturated carbocycles. The number of hydrogen-bond donors (Lipinski definition) is 2. The van der Waals surface area contributed by atoms with E-state index in [4.69, 9.17) is 0 Å². The zero-order chi connectivity index (χ0) is 23.4. The minimum atomic E-state index is -0.959. The molecule has 1 atom stereocenters. The predicted molar refractivity (Wildman–Crippen MR) is 124 cm³/mol. The van der Waals surface area contributed by atoms with Crippen molar-refractivity contribution in [1.29, 1.82) is 0 Å². The normalized spacial score (nSPS) is 22.7. The van der Waals surface area contributed by atoms with E-state index in [2.05, 4.69) is 20.4 Å². The monoisotopic (exact) mass is 455 g/mol. The molecule has 0 radical (unpaired) electrons. The average Bonchev–Trinajstić information content (AvgIpc) is 2.82. The molecule has 3 heterocycles. The molecule has 33 heavy (non-hydrogen) atoms. The molecule has 3 fully saturated rings. The summed E-state index contributed by atoms with van der Waals surface area (Å²) in [6.45, 7) is 9.20. The summed E-state index contributed by atoms with van der Waals surface area (Å²) in [4.78, 5) is 54.0. The smallest absolute Gasteiger partial charge is 0.261 e. The molecule has 0 bridgehead atoms. The molecule has 2 N–H and O–H groups in total. The number of imide groups is 2. The summed E-state index contributed by atoms with van der Waals surface area (Å²) >= 11 is 0. The lowest BCUT2D eigenvalue weighted by atomic mass is 9.97. The molecule has 1 unspecified atom stereocenters. The summed E-state index contributed by atoms with van der Waals surface area (Å²) in [5.41, 5.74) is 2.21. The first-order chi connectivity index (χ1) is 16.0. The van der Waals surface area contributed by atoms with Crippen LogP contribution < -0.4 is 15.5 Å². The van der Waals surface area contributed by atoms with Gasteiger partial charge in [-0.25, -0.2) is 0 Å². The highest BCUT2D eigenvalue weighted by atomic mass is 16.2. The van der Waals surface area contributed by atoms with E-state index < -0.39 is 17.9 Å². The number of carbonyl (C=O) groups excluding carboxylic acids is 4. The van der Waals surface area contributed by atoms with Crippen LogP contribution in [0.5, 0.6) is 0 Å². The van der Waals surface area contributed by atoms with Crippen LogP contribution in [0.15, 0.2) is 18.2 Å². The molecule has 1 aromatic rings. The van der Waals surface area contributed by atoms with E-state index in [0.717, 1.165) is 61.3 Å². The van der Waals surface area contributed by atoms with Gasteiger partial charge in [0.05, 0.1) is 0 Å². The first-order valence-corrected chi connectivity index (χ1v) is 11.9. The van der Waals surface area contributed by atoms with Crippen molar-refractivity contribution in [3.63, 3.8) is 0 Å². The van der Waals surface area contributed by atoms with E-state index in [1.807, 2.05) is 19.1 Å². The molecular formula is C24H33N5O4. The standard InChI is InChI=1S/C24H33N5O4/c1-17-14-19(28-12-10-27(11-13-28)15-18-6-8-25-9-7-18)2-3-20(17)24(33)29(16-30)21-4-5-22(31)26-23(21)32/h2-3,14,16,18,21,25H,4-13,15H2,1H3,(H,26,31,32). The van der Waals surface area contributed by atoms with E-state index in [-0.39, 0.29) is 18.7 Å². The first kappa shape index (κ1) is 23.4. The molecule has 4 rings (SSSR count). The number of nitrogens with one attached hydrogen (secondary N) is 2. The predicted octanol–water partition coefficient (Wildman–Crippen LogP) is 0.520.